The molecule has 0 N–H and O–H groups in total. The summed E-state index contributed by atoms with van der Waals surface area (Å²) < 4.78 is 10.4. The maximum absolute atomic E-state index is 12.1. The largest absolute Gasteiger partial charge is 0.448 e. The van der Waals surface area contributed by atoms with Gasteiger partial charge in [0.2, 0.25) is 0 Å². The molecule has 0 spiro atoms. The Kier molecular flexibility index (Phi) is 4.36. The molecule has 0 aromatic heterocycles. The quantitative estimate of drug-likeness (QED) is 0.778. The van der Waals surface area contributed by atoms with E-state index < -0.39 is 5.60 Å². The minimum Gasteiger partial charge on any atom is -0.448 e. The topological polar surface area (TPSA) is 59.1 Å². The van der Waals surface area contributed by atoms with Gasteiger partial charge >= 0.3 is 12.2 Å². The van der Waals surface area contributed by atoms with Crippen LogP contribution in [0.15, 0.2) is 0 Å². The number of likely N-dealkylation sites (tertiary alicyclic amines) is 1. The van der Waals surface area contributed by atoms with Gasteiger partial charge in [0, 0.05) is 18.3 Å². The Bertz CT molecular complexity index is 396. The molecule has 2 amide bonds. The molecule has 2 aliphatic heterocycles. The zero-order chi connectivity index (χ0) is 14.9. The van der Waals surface area contributed by atoms with Crippen molar-refractivity contribution in [3.8, 4) is 0 Å². The second kappa shape index (κ2) is 5.71. The number of nitrogens with zero attached hydrogens (tertiary/aromatic N) is 2. The zero-order valence-corrected chi connectivity index (χ0v) is 13.2. The number of hydrogen-bond acceptors (Lipinski definition) is 5. The van der Waals surface area contributed by atoms with Crippen molar-refractivity contribution in [2.75, 3.05) is 32.5 Å². The van der Waals surface area contributed by atoms with Crippen LogP contribution in [0.4, 0.5) is 9.59 Å². The molecule has 2 fully saturated rings. The minimum atomic E-state index is -0.503. The Morgan fingerprint density at radius 3 is 2.60 bits per heavy atom. The highest BCUT2D eigenvalue weighted by Crippen LogP contribution is 2.28. The summed E-state index contributed by atoms with van der Waals surface area (Å²) in [6.07, 6.45) is 1.41. The van der Waals surface area contributed by atoms with Gasteiger partial charge in [-0.2, -0.15) is 11.8 Å². The van der Waals surface area contributed by atoms with Gasteiger partial charge in [-0.05, 0) is 27.0 Å². The van der Waals surface area contributed by atoms with E-state index in [1.54, 1.807) is 21.6 Å². The number of cyclic esters (lactones) is 1. The Morgan fingerprint density at radius 2 is 2.10 bits per heavy atom. The summed E-state index contributed by atoms with van der Waals surface area (Å²) in [4.78, 5) is 27.2. The van der Waals surface area contributed by atoms with Gasteiger partial charge in [0.1, 0.15) is 12.2 Å². The minimum absolute atomic E-state index is 0.00696. The lowest BCUT2D eigenvalue weighted by molar-refractivity contribution is 0.0283. The Hall–Kier alpha value is -1.11. The van der Waals surface area contributed by atoms with Gasteiger partial charge in [-0.15, -0.1) is 0 Å². The van der Waals surface area contributed by atoms with Crippen LogP contribution in [0.1, 0.15) is 20.8 Å². The molecule has 0 unspecified atom stereocenters. The van der Waals surface area contributed by atoms with Crippen molar-refractivity contribution in [3.05, 3.63) is 0 Å². The summed E-state index contributed by atoms with van der Waals surface area (Å²) >= 11 is 1.67. The van der Waals surface area contributed by atoms with Crippen LogP contribution in [-0.4, -0.2) is 71.4 Å². The van der Waals surface area contributed by atoms with Crippen LogP contribution < -0.4 is 0 Å². The highest BCUT2D eigenvalue weighted by atomic mass is 32.2. The maximum Gasteiger partial charge on any atom is 0.410 e. The average molecular weight is 302 g/mol. The predicted molar refractivity (Wildman–Crippen MR) is 77.0 cm³/mol. The van der Waals surface area contributed by atoms with Crippen LogP contribution in [0.5, 0.6) is 0 Å². The van der Waals surface area contributed by atoms with Gasteiger partial charge in [0.05, 0.1) is 12.6 Å². The van der Waals surface area contributed by atoms with Crippen LogP contribution in [0.3, 0.4) is 0 Å². The number of carbonyl (C=O) groups excluding carboxylic acids is 2. The monoisotopic (exact) mass is 302 g/mol. The molecule has 0 aromatic rings. The normalized spacial score (nSPS) is 26.9. The van der Waals surface area contributed by atoms with Crippen LogP contribution in [0.2, 0.25) is 0 Å². The smallest absolute Gasteiger partial charge is 0.410 e. The van der Waals surface area contributed by atoms with Gasteiger partial charge < -0.3 is 14.4 Å². The summed E-state index contributed by atoms with van der Waals surface area (Å²) in [5.41, 5.74) is -0.503. The molecule has 6 nitrogen and oxygen atoms in total. The third kappa shape index (κ3) is 3.31. The molecule has 7 heteroatoms. The lowest BCUT2D eigenvalue weighted by Crippen LogP contribution is -2.43. The van der Waals surface area contributed by atoms with E-state index in [0.29, 0.717) is 26.2 Å². The van der Waals surface area contributed by atoms with Gasteiger partial charge in [-0.3, -0.25) is 4.90 Å². The van der Waals surface area contributed by atoms with Crippen molar-refractivity contribution >= 4 is 23.9 Å². The summed E-state index contributed by atoms with van der Waals surface area (Å²) in [5, 5.41) is 0.202. The summed E-state index contributed by atoms with van der Waals surface area (Å²) in [7, 11) is 0. The standard InChI is InChI=1S/C13H22N2O4S/c1-13(2,3)19-11(16)14-7-9(10(8-14)20-4)15-5-6-18-12(15)17/h9-10H,5-8H2,1-4H3/t9-,10-/m0/s1. The summed E-state index contributed by atoms with van der Waals surface area (Å²) in [5.74, 6) is 0. The molecular weight excluding hydrogens is 280 g/mol. The van der Waals surface area contributed by atoms with Crippen LogP contribution in [-0.2, 0) is 9.47 Å². The Labute approximate surface area is 123 Å². The van der Waals surface area contributed by atoms with E-state index in [9.17, 15) is 9.59 Å². The predicted octanol–water partition coefficient (Wildman–Crippen LogP) is 1.79. The molecule has 0 bridgehead atoms. The van der Waals surface area contributed by atoms with Crippen molar-refractivity contribution in [1.29, 1.82) is 0 Å². The van der Waals surface area contributed by atoms with E-state index in [0.717, 1.165) is 0 Å². The molecule has 0 radical (unpaired) electrons. The first-order valence-electron chi connectivity index (χ1n) is 6.76. The zero-order valence-electron chi connectivity index (χ0n) is 12.4. The fourth-order valence-electron chi connectivity index (χ4n) is 2.47. The number of thioether (sulfide) groups is 1. The third-order valence-electron chi connectivity index (χ3n) is 3.38. The number of hydrogen-bond donors (Lipinski definition) is 0. The highest BCUT2D eigenvalue weighted by molar-refractivity contribution is 7.99. The van der Waals surface area contributed by atoms with Crippen LogP contribution in [0.25, 0.3) is 0 Å². The average Bonchev–Trinajstić information content (AvgIpc) is 2.91. The van der Waals surface area contributed by atoms with Gasteiger partial charge in [-0.25, -0.2) is 9.59 Å². The van der Waals surface area contributed by atoms with E-state index in [-0.39, 0.29) is 23.5 Å². The SMILES string of the molecule is CS[C@H]1CN(C(=O)OC(C)(C)C)C[C@@H]1N1CCOC1=O. The van der Waals surface area contributed by atoms with Crippen molar-refractivity contribution in [1.82, 2.24) is 9.80 Å². The van der Waals surface area contributed by atoms with Crippen molar-refractivity contribution < 1.29 is 19.1 Å². The van der Waals surface area contributed by atoms with Crippen molar-refractivity contribution in [2.45, 2.75) is 37.7 Å². The third-order valence-corrected chi connectivity index (χ3v) is 4.45. The first-order chi connectivity index (χ1) is 9.31. The molecular formula is C13H22N2O4S. The van der Waals surface area contributed by atoms with Gasteiger partial charge in [-0.1, -0.05) is 0 Å². The Balaban J connectivity index is 2.02. The molecule has 2 aliphatic rings. The van der Waals surface area contributed by atoms with Gasteiger partial charge in [0.15, 0.2) is 0 Å². The van der Waals surface area contributed by atoms with E-state index in [2.05, 4.69) is 0 Å². The first-order valence-corrected chi connectivity index (χ1v) is 8.05. The van der Waals surface area contributed by atoms with E-state index in [1.807, 2.05) is 27.0 Å². The van der Waals surface area contributed by atoms with Crippen molar-refractivity contribution in [2.24, 2.45) is 0 Å². The highest BCUT2D eigenvalue weighted by Gasteiger charge is 2.43. The molecule has 114 valence electrons. The molecule has 2 saturated heterocycles. The van der Waals surface area contributed by atoms with Crippen LogP contribution in [0, 0.1) is 0 Å². The second-order valence-corrected chi connectivity index (χ2v) is 7.11. The van der Waals surface area contributed by atoms with Crippen molar-refractivity contribution in [3.63, 3.8) is 0 Å². The first kappa shape index (κ1) is 15.3. The molecule has 0 saturated carbocycles. The lowest BCUT2D eigenvalue weighted by atomic mass is 10.2. The summed E-state index contributed by atoms with van der Waals surface area (Å²) in [6.45, 7) is 7.69. The molecule has 0 aromatic carbocycles. The molecule has 0 aliphatic carbocycles. The number of amides is 2. The van der Waals surface area contributed by atoms with E-state index in [4.69, 9.17) is 9.47 Å². The molecule has 2 rings (SSSR count). The Morgan fingerprint density at radius 1 is 1.40 bits per heavy atom. The van der Waals surface area contributed by atoms with E-state index in [1.165, 1.54) is 0 Å². The molecule has 20 heavy (non-hydrogen) atoms. The van der Waals surface area contributed by atoms with Gasteiger partial charge in [0.25, 0.3) is 0 Å². The number of ether oxygens (including phenoxy) is 2. The number of carbonyl (C=O) groups is 2. The number of rotatable bonds is 2. The van der Waals surface area contributed by atoms with Crippen LogP contribution >= 0.6 is 11.8 Å². The molecule has 2 atom stereocenters. The fraction of sp³-hybridized carbons (Fsp3) is 0.846. The maximum atomic E-state index is 12.1. The fourth-order valence-corrected chi connectivity index (χ4v) is 3.35. The van der Waals surface area contributed by atoms with E-state index >= 15 is 0 Å². The molecule has 2 heterocycles. The second-order valence-electron chi connectivity index (χ2n) is 6.03. The lowest BCUT2D eigenvalue weighted by Gasteiger charge is -2.26. The summed E-state index contributed by atoms with van der Waals surface area (Å²) in [6, 6.07) is 0.00696.